The van der Waals surface area contributed by atoms with Crippen molar-refractivity contribution in [2.75, 3.05) is 6.61 Å². The van der Waals surface area contributed by atoms with Crippen LogP contribution in [0.5, 0.6) is 0 Å². The molecule has 0 saturated heterocycles. The highest BCUT2D eigenvalue weighted by atomic mass is 16.6. The normalized spacial score (nSPS) is 15.4. The predicted octanol–water partition coefficient (Wildman–Crippen LogP) is 1.57. The van der Waals surface area contributed by atoms with Gasteiger partial charge in [0.05, 0.1) is 4.92 Å². The van der Waals surface area contributed by atoms with E-state index in [2.05, 4.69) is 5.73 Å². The molecule has 0 spiro atoms. The molecule has 14 heavy (non-hydrogen) atoms. The first-order valence-electron chi connectivity index (χ1n) is 4.25. The number of rotatable bonds is 3. The van der Waals surface area contributed by atoms with Crippen molar-refractivity contribution in [2.45, 2.75) is 13.3 Å². The maximum Gasteiger partial charge on any atom is 0.315 e. The van der Waals surface area contributed by atoms with E-state index < -0.39 is 4.92 Å². The molecule has 0 atom stereocenters. The van der Waals surface area contributed by atoms with Gasteiger partial charge in [0.1, 0.15) is 0 Å². The van der Waals surface area contributed by atoms with Crippen molar-refractivity contribution in [3.8, 4) is 0 Å². The van der Waals surface area contributed by atoms with Crippen molar-refractivity contribution in [1.82, 2.24) is 0 Å². The van der Waals surface area contributed by atoms with E-state index in [0.29, 0.717) is 12.0 Å². The van der Waals surface area contributed by atoms with Gasteiger partial charge in [-0.1, -0.05) is 12.2 Å². The maximum absolute atomic E-state index is 10.6. The summed E-state index contributed by atoms with van der Waals surface area (Å²) in [5.74, 6) is 0. The van der Waals surface area contributed by atoms with Crippen LogP contribution in [0.1, 0.15) is 13.3 Å². The Kier molecular flexibility index (Phi) is 3.40. The van der Waals surface area contributed by atoms with Gasteiger partial charge in [0, 0.05) is 12.2 Å². The predicted molar refractivity (Wildman–Crippen MR) is 52.1 cm³/mol. The van der Waals surface area contributed by atoms with E-state index in [4.69, 9.17) is 5.11 Å². The number of hydrogen-bond donors (Lipinski definition) is 1. The third-order valence-corrected chi connectivity index (χ3v) is 2.01. The van der Waals surface area contributed by atoms with Crippen LogP contribution < -0.4 is 0 Å². The highest BCUT2D eigenvalue weighted by Crippen LogP contribution is 2.19. The molecule has 0 bridgehead atoms. The largest absolute Gasteiger partial charge is 0.396 e. The summed E-state index contributed by atoms with van der Waals surface area (Å²) in [4.78, 5) is 10.2. The van der Waals surface area contributed by atoms with Crippen molar-refractivity contribution < 1.29 is 10.0 Å². The molecule has 0 aromatic heterocycles. The SMILES string of the molecule is CC1=C(CCO)C=CC=C=C1[N+](=O)[O-]. The smallest absolute Gasteiger partial charge is 0.315 e. The van der Waals surface area contributed by atoms with Gasteiger partial charge in [0.2, 0.25) is 0 Å². The summed E-state index contributed by atoms with van der Waals surface area (Å²) in [6, 6.07) is 0. The van der Waals surface area contributed by atoms with E-state index in [9.17, 15) is 10.1 Å². The fraction of sp³-hybridized carbons (Fsp3) is 0.300. The first-order chi connectivity index (χ1) is 6.66. The van der Waals surface area contributed by atoms with Crippen molar-refractivity contribution in [3.05, 3.63) is 50.9 Å². The zero-order chi connectivity index (χ0) is 10.6. The number of aliphatic hydroxyl groups excluding tert-OH is 1. The van der Waals surface area contributed by atoms with Crippen LogP contribution in [-0.4, -0.2) is 16.6 Å². The summed E-state index contributed by atoms with van der Waals surface area (Å²) in [5.41, 5.74) is 3.90. The van der Waals surface area contributed by atoms with Crippen LogP contribution in [0.4, 0.5) is 0 Å². The van der Waals surface area contributed by atoms with Gasteiger partial charge in [0.25, 0.3) is 0 Å². The van der Waals surface area contributed by atoms with Crippen LogP contribution in [-0.2, 0) is 0 Å². The summed E-state index contributed by atoms with van der Waals surface area (Å²) < 4.78 is 0. The van der Waals surface area contributed by atoms with Crippen LogP contribution in [0.3, 0.4) is 0 Å². The standard InChI is InChI=1S/C10H11NO3/c1-8-9(6-7-12)4-2-3-5-10(8)11(13)14/h2-4,12H,6-7H2,1H3. The average molecular weight is 193 g/mol. The zero-order valence-electron chi connectivity index (χ0n) is 7.86. The van der Waals surface area contributed by atoms with E-state index in [1.807, 2.05) is 0 Å². The second kappa shape index (κ2) is 4.56. The number of nitrogens with zero attached hydrogens (tertiary/aromatic N) is 1. The van der Waals surface area contributed by atoms with Crippen LogP contribution in [0.2, 0.25) is 0 Å². The first kappa shape index (κ1) is 10.4. The van der Waals surface area contributed by atoms with Gasteiger partial charge in [-0.3, -0.25) is 10.1 Å². The van der Waals surface area contributed by atoms with E-state index in [1.165, 1.54) is 6.08 Å². The molecule has 1 rings (SSSR count). The molecule has 0 aromatic rings. The fourth-order valence-electron chi connectivity index (χ4n) is 1.26. The lowest BCUT2D eigenvalue weighted by molar-refractivity contribution is -0.420. The lowest BCUT2D eigenvalue weighted by Gasteiger charge is -2.02. The highest BCUT2D eigenvalue weighted by molar-refractivity contribution is 5.38. The van der Waals surface area contributed by atoms with Crippen LogP contribution >= 0.6 is 0 Å². The number of aliphatic hydroxyl groups is 1. The summed E-state index contributed by atoms with van der Waals surface area (Å²) in [6.07, 6.45) is 5.38. The Hall–Kier alpha value is -1.64. The van der Waals surface area contributed by atoms with Crippen LogP contribution in [0, 0.1) is 10.1 Å². The molecular weight excluding hydrogens is 182 g/mol. The Balaban J connectivity index is 3.13. The van der Waals surface area contributed by atoms with Crippen molar-refractivity contribution in [3.63, 3.8) is 0 Å². The molecule has 1 aliphatic rings. The van der Waals surface area contributed by atoms with Crippen LogP contribution in [0.15, 0.2) is 40.8 Å². The van der Waals surface area contributed by atoms with Crippen molar-refractivity contribution >= 4 is 0 Å². The molecule has 0 saturated carbocycles. The molecule has 0 unspecified atom stereocenters. The fourth-order valence-corrected chi connectivity index (χ4v) is 1.26. The molecule has 1 N–H and O–H groups in total. The molecule has 0 heterocycles. The molecule has 0 amide bonds. The summed E-state index contributed by atoms with van der Waals surface area (Å²) in [6.45, 7) is 1.65. The topological polar surface area (TPSA) is 63.4 Å². The Bertz CT molecular complexity index is 371. The summed E-state index contributed by atoms with van der Waals surface area (Å²) >= 11 is 0. The lowest BCUT2D eigenvalue weighted by Crippen LogP contribution is -2.01. The Morgan fingerprint density at radius 2 is 2.36 bits per heavy atom. The molecular formula is C10H11NO3. The number of hydrogen-bond acceptors (Lipinski definition) is 3. The monoisotopic (exact) mass is 193 g/mol. The molecule has 4 heteroatoms. The molecule has 1 aliphatic carbocycles. The van der Waals surface area contributed by atoms with E-state index in [1.54, 1.807) is 19.1 Å². The second-order valence-corrected chi connectivity index (χ2v) is 2.90. The lowest BCUT2D eigenvalue weighted by atomic mass is 10.1. The molecule has 4 nitrogen and oxygen atoms in total. The van der Waals surface area contributed by atoms with Crippen LogP contribution in [0.25, 0.3) is 0 Å². The summed E-state index contributed by atoms with van der Waals surface area (Å²) in [5, 5.41) is 19.4. The van der Waals surface area contributed by atoms with E-state index in [-0.39, 0.29) is 12.3 Å². The minimum Gasteiger partial charge on any atom is -0.396 e. The Morgan fingerprint density at radius 1 is 1.64 bits per heavy atom. The highest BCUT2D eigenvalue weighted by Gasteiger charge is 2.16. The molecule has 0 aliphatic heterocycles. The Morgan fingerprint density at radius 3 is 2.93 bits per heavy atom. The van der Waals surface area contributed by atoms with E-state index >= 15 is 0 Å². The minimum atomic E-state index is -0.462. The van der Waals surface area contributed by atoms with Gasteiger partial charge >= 0.3 is 5.70 Å². The van der Waals surface area contributed by atoms with Gasteiger partial charge in [-0.2, -0.15) is 0 Å². The molecule has 0 aromatic carbocycles. The van der Waals surface area contributed by atoms with Gasteiger partial charge in [-0.05, 0) is 30.7 Å². The van der Waals surface area contributed by atoms with E-state index in [0.717, 1.165) is 5.57 Å². The first-order valence-corrected chi connectivity index (χ1v) is 4.25. The van der Waals surface area contributed by atoms with Gasteiger partial charge in [-0.15, -0.1) is 0 Å². The third-order valence-electron chi connectivity index (χ3n) is 2.01. The maximum atomic E-state index is 10.6. The minimum absolute atomic E-state index is 0.0119. The third kappa shape index (κ3) is 2.19. The van der Waals surface area contributed by atoms with Gasteiger partial charge < -0.3 is 5.11 Å². The van der Waals surface area contributed by atoms with Gasteiger partial charge in [0.15, 0.2) is 0 Å². The van der Waals surface area contributed by atoms with Crippen molar-refractivity contribution in [2.24, 2.45) is 0 Å². The summed E-state index contributed by atoms with van der Waals surface area (Å²) in [7, 11) is 0. The molecule has 0 fully saturated rings. The Labute approximate surface area is 81.7 Å². The molecule has 74 valence electrons. The second-order valence-electron chi connectivity index (χ2n) is 2.90. The van der Waals surface area contributed by atoms with Gasteiger partial charge in [-0.25, -0.2) is 0 Å². The quantitative estimate of drug-likeness (QED) is 0.420. The zero-order valence-corrected chi connectivity index (χ0v) is 7.86. The molecule has 0 radical (unpaired) electrons. The number of allylic oxidation sites excluding steroid dienone is 3. The van der Waals surface area contributed by atoms with Crippen molar-refractivity contribution in [1.29, 1.82) is 0 Å². The average Bonchev–Trinajstić information content (AvgIpc) is 2.30. The number of nitro groups is 1.